The van der Waals surface area contributed by atoms with Gasteiger partial charge in [-0.25, -0.2) is 0 Å². The SMILES string of the molecule is CC(N)c1nnc(C2CC(O)CN2)o1. The van der Waals surface area contributed by atoms with Crippen LogP contribution in [-0.4, -0.2) is 28.0 Å². The molecule has 1 aliphatic heterocycles. The molecule has 14 heavy (non-hydrogen) atoms. The van der Waals surface area contributed by atoms with Crippen LogP contribution < -0.4 is 11.1 Å². The fourth-order valence-corrected chi connectivity index (χ4v) is 1.48. The van der Waals surface area contributed by atoms with Gasteiger partial charge in [-0.3, -0.25) is 0 Å². The van der Waals surface area contributed by atoms with Crippen LogP contribution in [0.15, 0.2) is 4.42 Å². The summed E-state index contributed by atoms with van der Waals surface area (Å²) >= 11 is 0. The minimum atomic E-state index is -0.328. The Kier molecular flexibility index (Phi) is 2.49. The smallest absolute Gasteiger partial charge is 0.233 e. The average molecular weight is 198 g/mol. The molecule has 0 bridgehead atoms. The van der Waals surface area contributed by atoms with E-state index in [0.717, 1.165) is 0 Å². The summed E-state index contributed by atoms with van der Waals surface area (Å²) in [5.74, 6) is 0.942. The average Bonchev–Trinajstić information content (AvgIpc) is 2.70. The quantitative estimate of drug-likeness (QED) is 0.592. The molecule has 2 heterocycles. The molecule has 4 N–H and O–H groups in total. The Balaban J connectivity index is 2.09. The molecule has 0 aliphatic carbocycles. The molecule has 1 saturated heterocycles. The van der Waals surface area contributed by atoms with E-state index in [-0.39, 0.29) is 18.2 Å². The first kappa shape index (κ1) is 9.57. The van der Waals surface area contributed by atoms with Crippen LogP contribution in [-0.2, 0) is 0 Å². The molecule has 0 aromatic carbocycles. The lowest BCUT2D eigenvalue weighted by atomic mass is 10.2. The van der Waals surface area contributed by atoms with Crippen LogP contribution in [0.2, 0.25) is 0 Å². The van der Waals surface area contributed by atoms with Crippen molar-refractivity contribution in [1.29, 1.82) is 0 Å². The molecule has 0 radical (unpaired) electrons. The molecule has 1 aromatic heterocycles. The summed E-state index contributed by atoms with van der Waals surface area (Å²) in [5.41, 5.74) is 5.59. The van der Waals surface area contributed by atoms with Crippen LogP contribution in [0.25, 0.3) is 0 Å². The van der Waals surface area contributed by atoms with Gasteiger partial charge in [0.2, 0.25) is 11.8 Å². The van der Waals surface area contributed by atoms with E-state index in [1.807, 2.05) is 0 Å². The third-order valence-electron chi connectivity index (χ3n) is 2.25. The molecular weight excluding hydrogens is 184 g/mol. The highest BCUT2D eigenvalue weighted by atomic mass is 16.4. The number of rotatable bonds is 2. The monoisotopic (exact) mass is 198 g/mol. The van der Waals surface area contributed by atoms with Gasteiger partial charge in [0.1, 0.15) is 0 Å². The maximum absolute atomic E-state index is 9.30. The van der Waals surface area contributed by atoms with Crippen LogP contribution >= 0.6 is 0 Å². The second kappa shape index (κ2) is 3.64. The lowest BCUT2D eigenvalue weighted by Crippen LogP contribution is -2.15. The van der Waals surface area contributed by atoms with E-state index in [9.17, 15) is 5.11 Å². The second-order valence-corrected chi connectivity index (χ2v) is 3.62. The number of nitrogens with two attached hydrogens (primary N) is 1. The van der Waals surface area contributed by atoms with Crippen molar-refractivity contribution in [2.24, 2.45) is 5.73 Å². The maximum atomic E-state index is 9.30. The van der Waals surface area contributed by atoms with Crippen molar-refractivity contribution in [3.05, 3.63) is 11.8 Å². The van der Waals surface area contributed by atoms with Crippen molar-refractivity contribution in [2.45, 2.75) is 31.5 Å². The molecule has 78 valence electrons. The molecule has 1 fully saturated rings. The molecule has 0 amide bonds. The number of nitrogens with one attached hydrogen (secondary N) is 1. The lowest BCUT2D eigenvalue weighted by Gasteiger charge is -2.02. The normalized spacial score (nSPS) is 29.4. The minimum absolute atomic E-state index is 0.0370. The summed E-state index contributed by atoms with van der Waals surface area (Å²) in [6.45, 7) is 2.36. The van der Waals surface area contributed by atoms with Crippen LogP contribution in [0.4, 0.5) is 0 Å². The van der Waals surface area contributed by atoms with Gasteiger partial charge in [0.15, 0.2) is 0 Å². The fraction of sp³-hybridized carbons (Fsp3) is 0.750. The van der Waals surface area contributed by atoms with Crippen LogP contribution in [0.3, 0.4) is 0 Å². The molecular formula is C8H14N4O2. The first-order valence-electron chi connectivity index (χ1n) is 4.67. The van der Waals surface area contributed by atoms with Crippen molar-refractivity contribution in [2.75, 3.05) is 6.54 Å². The van der Waals surface area contributed by atoms with E-state index < -0.39 is 0 Å². The highest BCUT2D eigenvalue weighted by molar-refractivity contribution is 4.96. The van der Waals surface area contributed by atoms with Crippen molar-refractivity contribution in [3.8, 4) is 0 Å². The third-order valence-corrected chi connectivity index (χ3v) is 2.25. The first-order chi connectivity index (χ1) is 6.66. The minimum Gasteiger partial charge on any atom is -0.422 e. The van der Waals surface area contributed by atoms with Crippen molar-refractivity contribution >= 4 is 0 Å². The Hall–Kier alpha value is -0.980. The van der Waals surface area contributed by atoms with E-state index in [4.69, 9.17) is 10.2 Å². The topological polar surface area (TPSA) is 97.2 Å². The summed E-state index contributed by atoms with van der Waals surface area (Å²) in [6, 6.07) is -0.285. The molecule has 1 aromatic rings. The number of nitrogens with zero attached hydrogens (tertiary/aromatic N) is 2. The molecule has 0 saturated carbocycles. The lowest BCUT2D eigenvalue weighted by molar-refractivity contribution is 0.191. The maximum Gasteiger partial charge on any atom is 0.233 e. The standard InChI is InChI=1S/C8H14N4O2/c1-4(9)7-11-12-8(14-7)6-2-5(13)3-10-6/h4-6,10,13H,2-3,9H2,1H3. The number of β-amino-alcohol motifs (C(OH)–C–C–N with tert-alkyl or cyclic N) is 1. The van der Waals surface area contributed by atoms with Crippen molar-refractivity contribution in [3.63, 3.8) is 0 Å². The van der Waals surface area contributed by atoms with Gasteiger partial charge in [0.05, 0.1) is 18.2 Å². The van der Waals surface area contributed by atoms with E-state index in [0.29, 0.717) is 24.7 Å². The first-order valence-corrected chi connectivity index (χ1v) is 4.67. The highest BCUT2D eigenvalue weighted by Gasteiger charge is 2.28. The number of hydrogen-bond acceptors (Lipinski definition) is 6. The van der Waals surface area contributed by atoms with E-state index in [1.165, 1.54) is 0 Å². The van der Waals surface area contributed by atoms with Gasteiger partial charge in [-0.15, -0.1) is 10.2 Å². The van der Waals surface area contributed by atoms with Gasteiger partial charge in [-0.1, -0.05) is 0 Å². The molecule has 1 aliphatic rings. The van der Waals surface area contributed by atoms with Gasteiger partial charge < -0.3 is 20.6 Å². The Morgan fingerprint density at radius 2 is 2.43 bits per heavy atom. The Labute approximate surface area is 81.5 Å². The second-order valence-electron chi connectivity index (χ2n) is 3.62. The number of aromatic nitrogens is 2. The molecule has 0 spiro atoms. The van der Waals surface area contributed by atoms with Gasteiger partial charge in [-0.2, -0.15) is 0 Å². The Morgan fingerprint density at radius 1 is 1.64 bits per heavy atom. The predicted octanol–water partition coefficient (Wildman–Crippen LogP) is -0.515. The molecule has 6 nitrogen and oxygen atoms in total. The third kappa shape index (κ3) is 1.77. The van der Waals surface area contributed by atoms with E-state index in [2.05, 4.69) is 15.5 Å². The van der Waals surface area contributed by atoms with Crippen LogP contribution in [0.1, 0.15) is 37.2 Å². The van der Waals surface area contributed by atoms with Gasteiger partial charge in [-0.05, 0) is 13.3 Å². The van der Waals surface area contributed by atoms with E-state index in [1.54, 1.807) is 6.92 Å². The van der Waals surface area contributed by atoms with E-state index >= 15 is 0 Å². The number of hydrogen-bond donors (Lipinski definition) is 3. The summed E-state index contributed by atoms with van der Waals surface area (Å²) in [7, 11) is 0. The van der Waals surface area contributed by atoms with Crippen molar-refractivity contribution < 1.29 is 9.52 Å². The zero-order valence-corrected chi connectivity index (χ0v) is 7.97. The summed E-state index contributed by atoms with van der Waals surface area (Å²) in [6.07, 6.45) is 0.284. The Bertz CT molecular complexity index is 312. The number of aliphatic hydroxyl groups is 1. The fourth-order valence-electron chi connectivity index (χ4n) is 1.48. The highest BCUT2D eigenvalue weighted by Crippen LogP contribution is 2.22. The zero-order valence-electron chi connectivity index (χ0n) is 7.97. The van der Waals surface area contributed by atoms with Gasteiger partial charge in [0.25, 0.3) is 0 Å². The molecule has 2 rings (SSSR count). The van der Waals surface area contributed by atoms with Gasteiger partial charge >= 0.3 is 0 Å². The largest absolute Gasteiger partial charge is 0.422 e. The summed E-state index contributed by atoms with van der Waals surface area (Å²) in [4.78, 5) is 0. The van der Waals surface area contributed by atoms with Crippen molar-refractivity contribution in [1.82, 2.24) is 15.5 Å². The van der Waals surface area contributed by atoms with Crippen LogP contribution in [0, 0.1) is 0 Å². The van der Waals surface area contributed by atoms with Gasteiger partial charge in [0, 0.05) is 6.54 Å². The molecule has 6 heteroatoms. The summed E-state index contributed by atoms with van der Waals surface area (Å²) < 4.78 is 5.36. The predicted molar refractivity (Wildman–Crippen MR) is 48.3 cm³/mol. The summed E-state index contributed by atoms with van der Waals surface area (Å²) in [5, 5.41) is 20.1. The van der Waals surface area contributed by atoms with Crippen LogP contribution in [0.5, 0.6) is 0 Å². The zero-order chi connectivity index (χ0) is 10.1. The molecule has 3 unspecified atom stereocenters. The Morgan fingerprint density at radius 3 is 2.93 bits per heavy atom. The molecule has 3 atom stereocenters. The number of aliphatic hydroxyl groups excluding tert-OH is 1.